The smallest absolute Gasteiger partial charge is 0.335 e. The van der Waals surface area contributed by atoms with E-state index in [9.17, 15) is 70.9 Å². The molecule has 0 bridgehead atoms. The van der Waals surface area contributed by atoms with Crippen molar-refractivity contribution in [2.24, 2.45) is 50.2 Å². The second-order valence-corrected chi connectivity index (χ2v) is 23.3. The van der Waals surface area contributed by atoms with E-state index in [2.05, 4.69) is 40.7 Å². The number of ether oxygens (including phenoxy) is 6. The molecule has 0 aromatic rings. The topological polar surface area (TPSA) is 332 Å². The maximum Gasteiger partial charge on any atom is 0.335 e. The summed E-state index contributed by atoms with van der Waals surface area (Å²) in [5.41, 5.74) is -1.87. The molecule has 20 nitrogen and oxygen atoms in total. The Morgan fingerprint density at radius 2 is 1.25 bits per heavy atom. The van der Waals surface area contributed by atoms with E-state index in [1.807, 2.05) is 6.92 Å². The van der Waals surface area contributed by atoms with Gasteiger partial charge in [-0.3, -0.25) is 4.79 Å². The molecule has 12 N–H and O–H groups in total. The third kappa shape index (κ3) is 8.03. The number of aliphatic hydroxyl groups is 11. The standard InChI is InChI=1S/C48H76O20/c1-43(2)13-15-48(42(62)68-40-35(59)31(55)29(53)24(19-50)64-40)16-14-46(5)21(22(48)17-43)7-8-26-44(3)11-10-27(45(4,20-51)25(44)9-12-47(26,46)6)65-41-37(33(57)32(56)36(66-41)38(60)61)67-39-34(58)30(54)28(52)23(18-49)63-39/h7,22-37,39-41,49-59H,8-20H2,1-6H3,(H,60,61)/t22-,23-,24-,25+,26-,27+,28-,29-,30+,31+,32+,33+,34-,35-,36+,37-,39+,40+,41-,44+,45-,46-,47-,48+/m1/s1. The van der Waals surface area contributed by atoms with Crippen molar-refractivity contribution in [3.05, 3.63) is 11.6 Å². The van der Waals surface area contributed by atoms with Gasteiger partial charge in [0.2, 0.25) is 6.29 Å². The number of rotatable bonds is 10. The van der Waals surface area contributed by atoms with Gasteiger partial charge in [0, 0.05) is 5.41 Å². The zero-order valence-corrected chi connectivity index (χ0v) is 39.9. The molecule has 8 aliphatic rings. The molecule has 388 valence electrons. The van der Waals surface area contributed by atoms with Crippen LogP contribution in [0.4, 0.5) is 0 Å². The lowest BCUT2D eigenvalue weighted by Crippen LogP contribution is -2.68. The second kappa shape index (κ2) is 18.5. The van der Waals surface area contributed by atoms with Gasteiger partial charge in [-0.2, -0.15) is 0 Å². The zero-order valence-electron chi connectivity index (χ0n) is 39.9. The van der Waals surface area contributed by atoms with E-state index in [0.717, 1.165) is 12.8 Å². The van der Waals surface area contributed by atoms with Crippen LogP contribution in [0, 0.1) is 50.2 Å². The first-order valence-electron chi connectivity index (χ1n) is 24.5. The molecule has 0 radical (unpaired) electrons. The van der Waals surface area contributed by atoms with Crippen LogP contribution in [0.25, 0.3) is 0 Å². The summed E-state index contributed by atoms with van der Waals surface area (Å²) >= 11 is 0. The van der Waals surface area contributed by atoms with Gasteiger partial charge in [-0.1, -0.05) is 53.2 Å². The summed E-state index contributed by atoms with van der Waals surface area (Å²) < 4.78 is 35.5. The van der Waals surface area contributed by atoms with Crippen molar-refractivity contribution in [1.82, 2.24) is 0 Å². The highest BCUT2D eigenvalue weighted by molar-refractivity contribution is 5.79. The number of carbonyl (C=O) groups excluding carboxylic acids is 1. The predicted octanol–water partition coefficient (Wildman–Crippen LogP) is -0.795. The Morgan fingerprint density at radius 1 is 0.647 bits per heavy atom. The fourth-order valence-corrected chi connectivity index (χ4v) is 15.0. The average molecular weight is 973 g/mol. The van der Waals surface area contributed by atoms with Gasteiger partial charge < -0.3 is 89.7 Å². The van der Waals surface area contributed by atoms with Crippen LogP contribution in [0.5, 0.6) is 0 Å². The number of aliphatic hydroxyl groups excluding tert-OH is 11. The molecule has 0 amide bonds. The average Bonchev–Trinajstić information content (AvgIpc) is 3.29. The first kappa shape index (κ1) is 52.4. The number of aliphatic carboxylic acids is 1. The molecule has 68 heavy (non-hydrogen) atoms. The fraction of sp³-hybridized carbons (Fsp3) is 0.917. The van der Waals surface area contributed by atoms with Gasteiger partial charge in [0.1, 0.15) is 67.1 Å². The number of carboxylic acid groups (broad SMARTS) is 1. The molecular formula is C48H76O20. The minimum atomic E-state index is -2.03. The Hall–Kier alpha value is -1.96. The first-order valence-corrected chi connectivity index (χ1v) is 24.5. The molecule has 20 heteroatoms. The maximum atomic E-state index is 14.7. The lowest BCUT2D eigenvalue weighted by molar-refractivity contribution is -0.375. The summed E-state index contributed by atoms with van der Waals surface area (Å²) in [4.78, 5) is 27.0. The maximum absolute atomic E-state index is 14.7. The molecule has 4 saturated carbocycles. The third-order valence-electron chi connectivity index (χ3n) is 19.4. The minimum Gasteiger partial charge on any atom is -0.479 e. The van der Waals surface area contributed by atoms with Crippen LogP contribution in [0.3, 0.4) is 0 Å². The molecule has 0 spiro atoms. The van der Waals surface area contributed by atoms with Gasteiger partial charge in [-0.05, 0) is 104 Å². The van der Waals surface area contributed by atoms with Crippen molar-refractivity contribution >= 4 is 11.9 Å². The van der Waals surface area contributed by atoms with Gasteiger partial charge in [-0.15, -0.1) is 0 Å². The highest BCUT2D eigenvalue weighted by atomic mass is 16.8. The zero-order chi connectivity index (χ0) is 49.8. The van der Waals surface area contributed by atoms with Crippen molar-refractivity contribution in [1.29, 1.82) is 0 Å². The van der Waals surface area contributed by atoms with Crippen LogP contribution in [0.1, 0.15) is 106 Å². The predicted molar refractivity (Wildman–Crippen MR) is 232 cm³/mol. The Kier molecular flexibility index (Phi) is 14.3. The number of hydrogen-bond acceptors (Lipinski definition) is 19. The van der Waals surface area contributed by atoms with Crippen molar-refractivity contribution in [3.8, 4) is 0 Å². The van der Waals surface area contributed by atoms with E-state index < -0.39 is 134 Å². The summed E-state index contributed by atoms with van der Waals surface area (Å²) in [6.45, 7) is 11.5. The summed E-state index contributed by atoms with van der Waals surface area (Å²) in [5.74, 6) is -2.40. The van der Waals surface area contributed by atoms with Gasteiger partial charge in [-0.25, -0.2) is 4.79 Å². The largest absolute Gasteiger partial charge is 0.479 e. The highest BCUT2D eigenvalue weighted by Gasteiger charge is 2.71. The summed E-state index contributed by atoms with van der Waals surface area (Å²) in [5, 5.41) is 127. The summed E-state index contributed by atoms with van der Waals surface area (Å²) in [7, 11) is 0. The molecule has 0 unspecified atom stereocenters. The Balaban J connectivity index is 1.07. The molecule has 0 aromatic carbocycles. The Morgan fingerprint density at radius 3 is 1.85 bits per heavy atom. The molecule has 7 fully saturated rings. The molecular weight excluding hydrogens is 897 g/mol. The van der Waals surface area contributed by atoms with E-state index in [1.165, 1.54) is 5.57 Å². The van der Waals surface area contributed by atoms with Crippen LogP contribution in [0.2, 0.25) is 0 Å². The minimum absolute atomic E-state index is 0.0982. The second-order valence-electron chi connectivity index (χ2n) is 23.3. The summed E-state index contributed by atoms with van der Waals surface area (Å²) in [6, 6.07) is 0. The van der Waals surface area contributed by atoms with Crippen molar-refractivity contribution < 1.29 is 99.3 Å². The van der Waals surface area contributed by atoms with Crippen LogP contribution >= 0.6 is 0 Å². The molecule has 5 aliphatic carbocycles. The van der Waals surface area contributed by atoms with Gasteiger partial charge >= 0.3 is 11.9 Å². The quantitative estimate of drug-likeness (QED) is 0.0725. The fourth-order valence-electron chi connectivity index (χ4n) is 15.0. The number of allylic oxidation sites excluding steroid dienone is 2. The van der Waals surface area contributed by atoms with Crippen molar-refractivity contribution in [2.75, 3.05) is 19.8 Å². The number of carboxylic acids is 1. The van der Waals surface area contributed by atoms with Crippen LogP contribution in [-0.4, -0.2) is 191 Å². The molecule has 0 aromatic heterocycles. The Labute approximate surface area is 396 Å². The number of hydrogen-bond donors (Lipinski definition) is 12. The molecule has 3 heterocycles. The highest BCUT2D eigenvalue weighted by Crippen LogP contribution is 2.76. The van der Waals surface area contributed by atoms with Crippen molar-refractivity contribution in [2.45, 2.75) is 204 Å². The van der Waals surface area contributed by atoms with E-state index in [-0.39, 0.29) is 46.0 Å². The first-order chi connectivity index (χ1) is 31.8. The molecule has 3 aliphatic heterocycles. The third-order valence-corrected chi connectivity index (χ3v) is 19.4. The van der Waals surface area contributed by atoms with Gasteiger partial charge in [0.25, 0.3) is 0 Å². The van der Waals surface area contributed by atoms with Gasteiger partial charge in [0.05, 0.1) is 31.3 Å². The number of fused-ring (bicyclic) bond motifs is 7. The van der Waals surface area contributed by atoms with Crippen LogP contribution in [-0.2, 0) is 38.0 Å². The Bertz CT molecular complexity index is 1900. The van der Waals surface area contributed by atoms with Crippen LogP contribution in [0.15, 0.2) is 11.6 Å². The normalized spacial score (nSPS) is 53.4. The summed E-state index contributed by atoms with van der Waals surface area (Å²) in [6.07, 6.45) is -18.1. The lowest BCUT2D eigenvalue weighted by Gasteiger charge is -2.71. The lowest BCUT2D eigenvalue weighted by atomic mass is 9.33. The van der Waals surface area contributed by atoms with Crippen molar-refractivity contribution in [3.63, 3.8) is 0 Å². The van der Waals surface area contributed by atoms with E-state index in [4.69, 9.17) is 28.4 Å². The van der Waals surface area contributed by atoms with E-state index in [1.54, 1.807) is 0 Å². The number of carbonyl (C=O) groups is 2. The van der Waals surface area contributed by atoms with E-state index >= 15 is 0 Å². The van der Waals surface area contributed by atoms with Gasteiger partial charge in [0.15, 0.2) is 18.7 Å². The molecule has 8 rings (SSSR count). The van der Waals surface area contributed by atoms with Crippen LogP contribution < -0.4 is 0 Å². The molecule has 3 saturated heterocycles. The SMILES string of the molecule is CC1(C)CC[C@]2(C(=O)O[C@@H]3O[C@H](CO)[C@@H](O)[C@H](O)[C@H]3O)CC[C@]3(C)C(=CC[C@@H]4[C@@]5(C)CC[C@H](O[C@@H]6O[C@H](C(=O)O)[C@@H](O)[C@H](O)[C@H]6O[C@@H]6O[C@H](CO)[C@@H](O)[C@H](O)[C@H]6O)[C@](C)(CO)[C@H]5CC[C@]43C)[C@H]2C1. The monoisotopic (exact) mass is 972 g/mol. The number of esters is 1. The van der Waals surface area contributed by atoms with E-state index in [0.29, 0.717) is 51.4 Å². The molecule has 24 atom stereocenters.